The van der Waals surface area contributed by atoms with Gasteiger partial charge in [0.1, 0.15) is 13.2 Å². The Morgan fingerprint density at radius 2 is 1.58 bits per heavy atom. The number of anilines is 2. The Morgan fingerprint density at radius 3 is 2.29 bits per heavy atom. The number of amides is 2. The lowest BCUT2D eigenvalue weighted by Gasteiger charge is -2.19. The molecule has 5 nitrogen and oxygen atoms in total. The molecule has 0 aromatic heterocycles. The molecule has 0 saturated carbocycles. The molecule has 0 spiro atoms. The molecule has 1 aliphatic rings. The first-order chi connectivity index (χ1) is 11.4. The van der Waals surface area contributed by atoms with E-state index in [-0.39, 0.29) is 5.69 Å². The second-order valence-corrected chi connectivity index (χ2v) is 5.02. The molecule has 1 heterocycles. The highest BCUT2D eigenvalue weighted by molar-refractivity contribution is 6.00. The number of fused-ring (bicyclic) bond motifs is 1. The van der Waals surface area contributed by atoms with Crippen LogP contribution in [0.3, 0.4) is 0 Å². The van der Waals surface area contributed by atoms with Crippen molar-refractivity contribution >= 4 is 17.4 Å². The number of hydrogen-bond donors (Lipinski definition) is 2. The van der Waals surface area contributed by atoms with Crippen LogP contribution < -0.4 is 20.1 Å². The van der Waals surface area contributed by atoms with E-state index >= 15 is 0 Å². The van der Waals surface area contributed by atoms with E-state index in [2.05, 4.69) is 10.6 Å². The van der Waals surface area contributed by atoms with Crippen LogP contribution in [0.25, 0.3) is 0 Å². The molecule has 0 radical (unpaired) electrons. The quantitative estimate of drug-likeness (QED) is 0.866. The fourth-order valence-corrected chi connectivity index (χ4v) is 2.19. The molecule has 126 valence electrons. The molecule has 3 rings (SSSR count). The van der Waals surface area contributed by atoms with Crippen molar-refractivity contribution in [3.8, 4) is 11.5 Å². The van der Waals surface area contributed by atoms with Gasteiger partial charge in [-0.2, -0.15) is 13.2 Å². The lowest BCUT2D eigenvalue weighted by atomic mass is 10.2. The van der Waals surface area contributed by atoms with E-state index in [9.17, 15) is 18.0 Å². The molecule has 0 fully saturated rings. The summed E-state index contributed by atoms with van der Waals surface area (Å²) < 4.78 is 48.7. The average molecular weight is 338 g/mol. The lowest BCUT2D eigenvalue weighted by molar-refractivity contribution is -0.137. The lowest BCUT2D eigenvalue weighted by Crippen LogP contribution is -2.20. The Kier molecular flexibility index (Phi) is 4.20. The van der Waals surface area contributed by atoms with Crippen LogP contribution in [0.4, 0.5) is 29.3 Å². The van der Waals surface area contributed by atoms with Crippen LogP contribution in [0, 0.1) is 0 Å². The Bertz CT molecular complexity index is 762. The van der Waals surface area contributed by atoms with Gasteiger partial charge >= 0.3 is 12.2 Å². The fraction of sp³-hybridized carbons (Fsp3) is 0.188. The maximum Gasteiger partial charge on any atom is 0.416 e. The van der Waals surface area contributed by atoms with Gasteiger partial charge in [0, 0.05) is 17.4 Å². The SMILES string of the molecule is O=C(Nc1cccc(C(F)(F)F)c1)Nc1ccc2c(c1)OCCO2. The Morgan fingerprint density at radius 1 is 0.917 bits per heavy atom. The molecule has 2 aromatic carbocycles. The number of urea groups is 1. The van der Waals surface area contributed by atoms with Crippen molar-refractivity contribution in [2.75, 3.05) is 23.8 Å². The molecule has 1 aliphatic heterocycles. The minimum absolute atomic E-state index is 0.0415. The van der Waals surface area contributed by atoms with Gasteiger partial charge in [0.2, 0.25) is 0 Å². The van der Waals surface area contributed by atoms with Gasteiger partial charge in [-0.1, -0.05) is 6.07 Å². The highest BCUT2D eigenvalue weighted by Crippen LogP contribution is 2.33. The minimum Gasteiger partial charge on any atom is -0.486 e. The third-order valence-corrected chi connectivity index (χ3v) is 3.25. The molecule has 0 unspecified atom stereocenters. The second kappa shape index (κ2) is 6.31. The number of benzene rings is 2. The van der Waals surface area contributed by atoms with Crippen molar-refractivity contribution in [3.63, 3.8) is 0 Å². The zero-order valence-corrected chi connectivity index (χ0v) is 12.3. The van der Waals surface area contributed by atoms with Gasteiger partial charge in [-0.15, -0.1) is 0 Å². The Balaban J connectivity index is 1.68. The van der Waals surface area contributed by atoms with Gasteiger partial charge < -0.3 is 20.1 Å². The highest BCUT2D eigenvalue weighted by Gasteiger charge is 2.30. The van der Waals surface area contributed by atoms with E-state index in [0.29, 0.717) is 30.4 Å². The van der Waals surface area contributed by atoms with E-state index in [0.717, 1.165) is 12.1 Å². The summed E-state index contributed by atoms with van der Waals surface area (Å²) in [5, 5.41) is 4.89. The summed E-state index contributed by atoms with van der Waals surface area (Å²) in [4.78, 5) is 11.9. The van der Waals surface area contributed by atoms with Gasteiger partial charge in [-0.25, -0.2) is 4.79 Å². The summed E-state index contributed by atoms with van der Waals surface area (Å²) in [5.74, 6) is 1.07. The van der Waals surface area contributed by atoms with E-state index < -0.39 is 17.8 Å². The van der Waals surface area contributed by atoms with Crippen LogP contribution in [-0.4, -0.2) is 19.2 Å². The maximum absolute atomic E-state index is 12.7. The molecule has 0 atom stereocenters. The number of halogens is 3. The zero-order chi connectivity index (χ0) is 17.2. The molecule has 2 aromatic rings. The topological polar surface area (TPSA) is 59.6 Å². The number of ether oxygens (including phenoxy) is 2. The van der Waals surface area contributed by atoms with Gasteiger partial charge in [0.15, 0.2) is 11.5 Å². The van der Waals surface area contributed by atoms with Gasteiger partial charge in [-0.05, 0) is 30.3 Å². The van der Waals surface area contributed by atoms with E-state index in [1.165, 1.54) is 12.1 Å². The van der Waals surface area contributed by atoms with Crippen LogP contribution in [-0.2, 0) is 6.18 Å². The standard InChI is InChI=1S/C16H13F3N2O3/c17-16(18,19)10-2-1-3-11(8-10)20-15(22)21-12-4-5-13-14(9-12)24-7-6-23-13/h1-5,8-9H,6-7H2,(H2,20,21,22). The van der Waals surface area contributed by atoms with Crippen molar-refractivity contribution in [3.05, 3.63) is 48.0 Å². The first-order valence-corrected chi connectivity index (χ1v) is 7.07. The summed E-state index contributed by atoms with van der Waals surface area (Å²) in [6, 6.07) is 8.58. The largest absolute Gasteiger partial charge is 0.486 e. The normalized spacial score (nSPS) is 13.3. The zero-order valence-electron chi connectivity index (χ0n) is 12.3. The number of carbonyl (C=O) groups is 1. The molecule has 2 N–H and O–H groups in total. The van der Waals surface area contributed by atoms with Crippen LogP contribution in [0.1, 0.15) is 5.56 Å². The summed E-state index contributed by atoms with van der Waals surface area (Å²) >= 11 is 0. The Labute approximate surface area is 135 Å². The molecular weight excluding hydrogens is 325 g/mol. The van der Waals surface area contributed by atoms with Crippen molar-refractivity contribution in [2.45, 2.75) is 6.18 Å². The first-order valence-electron chi connectivity index (χ1n) is 7.07. The molecule has 8 heteroatoms. The van der Waals surface area contributed by atoms with Crippen molar-refractivity contribution in [1.82, 2.24) is 0 Å². The smallest absolute Gasteiger partial charge is 0.416 e. The van der Waals surface area contributed by atoms with E-state index in [1.807, 2.05) is 0 Å². The molecule has 0 saturated heterocycles. The van der Waals surface area contributed by atoms with Gasteiger partial charge in [-0.3, -0.25) is 0 Å². The third-order valence-electron chi connectivity index (χ3n) is 3.25. The predicted octanol–water partition coefficient (Wildman–Crippen LogP) is 4.12. The number of carbonyl (C=O) groups excluding carboxylic acids is 1. The molecule has 2 amide bonds. The average Bonchev–Trinajstić information content (AvgIpc) is 2.54. The summed E-state index contributed by atoms with van der Waals surface area (Å²) in [6.07, 6.45) is -4.47. The summed E-state index contributed by atoms with van der Waals surface area (Å²) in [5.41, 5.74) is -0.358. The van der Waals surface area contributed by atoms with Crippen LogP contribution >= 0.6 is 0 Å². The van der Waals surface area contributed by atoms with E-state index in [4.69, 9.17) is 9.47 Å². The first kappa shape index (κ1) is 16.0. The number of alkyl halides is 3. The maximum atomic E-state index is 12.7. The number of rotatable bonds is 2. The van der Waals surface area contributed by atoms with Crippen molar-refractivity contribution in [2.24, 2.45) is 0 Å². The third kappa shape index (κ3) is 3.70. The molecule has 0 bridgehead atoms. The van der Waals surface area contributed by atoms with Gasteiger partial charge in [0.05, 0.1) is 5.56 Å². The monoisotopic (exact) mass is 338 g/mol. The van der Waals surface area contributed by atoms with Crippen LogP contribution in [0.15, 0.2) is 42.5 Å². The van der Waals surface area contributed by atoms with Gasteiger partial charge in [0.25, 0.3) is 0 Å². The number of nitrogens with one attached hydrogen (secondary N) is 2. The second-order valence-electron chi connectivity index (χ2n) is 5.02. The summed E-state index contributed by atoms with van der Waals surface area (Å²) in [7, 11) is 0. The predicted molar refractivity (Wildman–Crippen MR) is 81.5 cm³/mol. The minimum atomic E-state index is -4.47. The van der Waals surface area contributed by atoms with Crippen molar-refractivity contribution in [1.29, 1.82) is 0 Å². The van der Waals surface area contributed by atoms with Crippen LogP contribution in [0.2, 0.25) is 0 Å². The van der Waals surface area contributed by atoms with E-state index in [1.54, 1.807) is 18.2 Å². The summed E-state index contributed by atoms with van der Waals surface area (Å²) in [6.45, 7) is 0.864. The fourth-order valence-electron chi connectivity index (χ4n) is 2.19. The Hall–Kier alpha value is -2.90. The van der Waals surface area contributed by atoms with Crippen molar-refractivity contribution < 1.29 is 27.4 Å². The highest BCUT2D eigenvalue weighted by atomic mass is 19.4. The molecule has 0 aliphatic carbocycles. The van der Waals surface area contributed by atoms with Crippen LogP contribution in [0.5, 0.6) is 11.5 Å². The molecule has 24 heavy (non-hydrogen) atoms. The molecular formula is C16H13F3N2O3. The number of hydrogen-bond acceptors (Lipinski definition) is 3.